The molecule has 1 fully saturated rings. The summed E-state index contributed by atoms with van der Waals surface area (Å²) < 4.78 is 1.42. The maximum absolute atomic E-state index is 3.61. The minimum atomic E-state index is 0.531. The summed E-state index contributed by atoms with van der Waals surface area (Å²) in [7, 11) is 2.13. The maximum atomic E-state index is 3.61. The summed E-state index contributed by atoms with van der Waals surface area (Å²) in [5, 5.41) is 7.43. The van der Waals surface area contributed by atoms with Gasteiger partial charge in [-0.1, -0.05) is 44.4 Å². The van der Waals surface area contributed by atoms with Crippen LogP contribution in [0.4, 0.5) is 0 Å². The van der Waals surface area contributed by atoms with E-state index in [1.807, 2.05) is 11.3 Å². The number of hydrogen-bond acceptors (Lipinski definition) is 2. The lowest BCUT2D eigenvalue weighted by Gasteiger charge is -2.33. The molecule has 1 atom stereocenters. The highest BCUT2D eigenvalue weighted by Gasteiger charge is 2.28. The van der Waals surface area contributed by atoms with Crippen molar-refractivity contribution in [3.05, 3.63) is 35.2 Å². The third-order valence-electron chi connectivity index (χ3n) is 5.10. The molecule has 2 heteroatoms. The molecule has 0 aliphatic heterocycles. The summed E-state index contributed by atoms with van der Waals surface area (Å²) in [5.74, 6) is 1.78. The van der Waals surface area contributed by atoms with Gasteiger partial charge in [-0.15, -0.1) is 11.3 Å². The van der Waals surface area contributed by atoms with Crippen molar-refractivity contribution in [2.45, 2.75) is 45.1 Å². The zero-order chi connectivity index (χ0) is 13.9. The summed E-state index contributed by atoms with van der Waals surface area (Å²) in [5.41, 5.74) is 1.52. The summed E-state index contributed by atoms with van der Waals surface area (Å²) in [6.45, 7) is 2.34. The molecule has 1 aliphatic rings. The summed E-state index contributed by atoms with van der Waals surface area (Å²) >= 11 is 1.89. The van der Waals surface area contributed by atoms with Crippen LogP contribution >= 0.6 is 11.3 Å². The van der Waals surface area contributed by atoms with Crippen LogP contribution < -0.4 is 5.32 Å². The largest absolute Gasteiger partial charge is 0.313 e. The topological polar surface area (TPSA) is 12.0 Å². The monoisotopic (exact) mass is 287 g/mol. The first-order valence-electron chi connectivity index (χ1n) is 7.96. The second-order valence-corrected chi connectivity index (χ2v) is 7.05. The predicted octanol–water partition coefficient (Wildman–Crippen LogP) is 5.38. The van der Waals surface area contributed by atoms with Crippen molar-refractivity contribution in [3.63, 3.8) is 0 Å². The van der Waals surface area contributed by atoms with Gasteiger partial charge in [0.15, 0.2) is 0 Å². The molecule has 0 saturated heterocycles. The van der Waals surface area contributed by atoms with Crippen LogP contribution in [0.15, 0.2) is 29.6 Å². The van der Waals surface area contributed by atoms with Gasteiger partial charge in [0, 0.05) is 10.7 Å². The van der Waals surface area contributed by atoms with E-state index in [4.69, 9.17) is 0 Å². The van der Waals surface area contributed by atoms with Gasteiger partial charge >= 0.3 is 0 Å². The fourth-order valence-corrected chi connectivity index (χ4v) is 4.81. The summed E-state index contributed by atoms with van der Waals surface area (Å²) in [6.07, 6.45) is 6.96. The molecule has 108 valence electrons. The van der Waals surface area contributed by atoms with E-state index in [9.17, 15) is 0 Å². The van der Waals surface area contributed by atoms with Crippen molar-refractivity contribution >= 4 is 21.4 Å². The fourth-order valence-electron chi connectivity index (χ4n) is 3.81. The van der Waals surface area contributed by atoms with Crippen LogP contribution in [0, 0.1) is 11.8 Å². The molecule has 2 aromatic rings. The highest BCUT2D eigenvalue weighted by molar-refractivity contribution is 7.17. The van der Waals surface area contributed by atoms with Gasteiger partial charge in [-0.2, -0.15) is 0 Å². The molecule has 1 aromatic carbocycles. The molecule has 1 N–H and O–H groups in total. The molecule has 3 rings (SSSR count). The number of thiophene rings is 1. The second-order valence-electron chi connectivity index (χ2n) is 6.14. The van der Waals surface area contributed by atoms with E-state index in [1.165, 1.54) is 47.8 Å². The molecule has 1 unspecified atom stereocenters. The van der Waals surface area contributed by atoms with Gasteiger partial charge in [-0.3, -0.25) is 0 Å². The van der Waals surface area contributed by atoms with E-state index < -0.39 is 0 Å². The Morgan fingerprint density at radius 1 is 1.20 bits per heavy atom. The molecular weight excluding hydrogens is 262 g/mol. The minimum Gasteiger partial charge on any atom is -0.313 e. The number of rotatable bonds is 4. The van der Waals surface area contributed by atoms with E-state index in [0.717, 1.165) is 11.8 Å². The molecule has 1 heterocycles. The van der Waals surface area contributed by atoms with Crippen LogP contribution in [0.1, 0.15) is 50.6 Å². The lowest BCUT2D eigenvalue weighted by molar-refractivity contribution is 0.225. The van der Waals surface area contributed by atoms with Crippen LogP contribution in [-0.2, 0) is 0 Å². The number of benzene rings is 1. The summed E-state index contributed by atoms with van der Waals surface area (Å²) in [6, 6.07) is 9.36. The molecule has 1 saturated carbocycles. The summed E-state index contributed by atoms with van der Waals surface area (Å²) in [4.78, 5) is 0. The van der Waals surface area contributed by atoms with E-state index in [0.29, 0.717) is 6.04 Å². The van der Waals surface area contributed by atoms with E-state index in [2.05, 4.69) is 48.9 Å². The zero-order valence-electron chi connectivity index (χ0n) is 12.6. The van der Waals surface area contributed by atoms with Gasteiger partial charge < -0.3 is 5.32 Å². The minimum absolute atomic E-state index is 0.531. The predicted molar refractivity (Wildman–Crippen MR) is 89.4 cm³/mol. The van der Waals surface area contributed by atoms with Crippen LogP contribution in [0.25, 0.3) is 10.1 Å². The second kappa shape index (κ2) is 6.28. The Balaban J connectivity index is 1.83. The highest BCUT2D eigenvalue weighted by atomic mass is 32.1. The zero-order valence-corrected chi connectivity index (χ0v) is 13.4. The highest BCUT2D eigenvalue weighted by Crippen LogP contribution is 2.41. The van der Waals surface area contributed by atoms with E-state index in [1.54, 1.807) is 0 Å². The molecule has 20 heavy (non-hydrogen) atoms. The van der Waals surface area contributed by atoms with E-state index in [-0.39, 0.29) is 0 Å². The Bertz CT molecular complexity index is 551. The average molecular weight is 287 g/mol. The molecule has 1 aromatic heterocycles. The Morgan fingerprint density at radius 2 is 1.95 bits per heavy atom. The quantitative estimate of drug-likeness (QED) is 0.796. The van der Waals surface area contributed by atoms with Crippen molar-refractivity contribution < 1.29 is 0 Å². The standard InChI is InChI=1S/C18H25NS/c1-3-13-8-10-14(11-9-13)18(19-2)16-12-20-17-7-5-4-6-15(16)17/h4-7,12-14,18-19H,3,8-11H2,1-2H3. The first kappa shape index (κ1) is 14.1. The third kappa shape index (κ3) is 2.64. The number of hydrogen-bond donors (Lipinski definition) is 1. The molecule has 0 amide bonds. The van der Waals surface area contributed by atoms with Gasteiger partial charge in [0.25, 0.3) is 0 Å². The molecular formula is C18H25NS. The van der Waals surface area contributed by atoms with Gasteiger partial charge in [-0.05, 0) is 54.1 Å². The molecule has 0 bridgehead atoms. The van der Waals surface area contributed by atoms with Gasteiger partial charge in [-0.25, -0.2) is 0 Å². The average Bonchev–Trinajstić information content (AvgIpc) is 2.93. The lowest BCUT2D eigenvalue weighted by atomic mass is 9.76. The smallest absolute Gasteiger partial charge is 0.0360 e. The first-order valence-corrected chi connectivity index (χ1v) is 8.84. The van der Waals surface area contributed by atoms with Crippen LogP contribution in [0.5, 0.6) is 0 Å². The maximum Gasteiger partial charge on any atom is 0.0360 e. The van der Waals surface area contributed by atoms with Crippen molar-refractivity contribution in [2.75, 3.05) is 7.05 Å². The first-order chi connectivity index (χ1) is 9.83. The molecule has 1 nitrogen and oxygen atoms in total. The van der Waals surface area contributed by atoms with Gasteiger partial charge in [0.05, 0.1) is 0 Å². The van der Waals surface area contributed by atoms with E-state index >= 15 is 0 Å². The van der Waals surface area contributed by atoms with Crippen molar-refractivity contribution in [2.24, 2.45) is 11.8 Å². The Morgan fingerprint density at radius 3 is 2.65 bits per heavy atom. The van der Waals surface area contributed by atoms with Gasteiger partial charge in [0.2, 0.25) is 0 Å². The number of nitrogens with one attached hydrogen (secondary N) is 1. The molecule has 1 aliphatic carbocycles. The SMILES string of the molecule is CCC1CCC(C(NC)c2csc3ccccc23)CC1. The fraction of sp³-hybridized carbons (Fsp3) is 0.556. The Labute approximate surface area is 126 Å². The molecule has 0 spiro atoms. The van der Waals surface area contributed by atoms with Crippen LogP contribution in [-0.4, -0.2) is 7.05 Å². The van der Waals surface area contributed by atoms with Crippen LogP contribution in [0.2, 0.25) is 0 Å². The normalized spacial score (nSPS) is 24.9. The Kier molecular flexibility index (Phi) is 4.42. The third-order valence-corrected chi connectivity index (χ3v) is 6.08. The van der Waals surface area contributed by atoms with Crippen molar-refractivity contribution in [1.29, 1.82) is 0 Å². The van der Waals surface area contributed by atoms with Crippen molar-refractivity contribution in [1.82, 2.24) is 5.32 Å². The molecule has 0 radical (unpaired) electrons. The van der Waals surface area contributed by atoms with Crippen LogP contribution in [0.3, 0.4) is 0 Å². The number of fused-ring (bicyclic) bond motifs is 1. The van der Waals surface area contributed by atoms with Crippen molar-refractivity contribution in [3.8, 4) is 0 Å². The van der Waals surface area contributed by atoms with Gasteiger partial charge in [0.1, 0.15) is 0 Å². The lowest BCUT2D eigenvalue weighted by Crippen LogP contribution is -2.28. The Hall–Kier alpha value is -0.860.